The van der Waals surface area contributed by atoms with Crippen LogP contribution in [0.4, 0.5) is 0 Å². The Labute approximate surface area is 241 Å². The quantitative estimate of drug-likeness (QED) is 0.0516. The van der Waals surface area contributed by atoms with Gasteiger partial charge in [-0.05, 0) is 44.2 Å². The van der Waals surface area contributed by atoms with Crippen LogP contribution in [0.25, 0.3) is 10.9 Å². The molecule has 230 valence electrons. The second kappa shape index (κ2) is 15.9. The molecule has 0 saturated heterocycles. The molecule has 0 radical (unpaired) electrons. The van der Waals surface area contributed by atoms with Crippen molar-refractivity contribution in [3.05, 3.63) is 36.0 Å². The number of nitrogens with zero attached hydrogens (tertiary/aromatic N) is 1. The molecule has 0 bridgehead atoms. The minimum atomic E-state index is -1.65. The van der Waals surface area contributed by atoms with Gasteiger partial charge >= 0.3 is 5.97 Å². The Morgan fingerprint density at radius 2 is 1.57 bits per heavy atom. The number of hydrogen-bond acceptors (Lipinski definition) is 8. The predicted molar refractivity (Wildman–Crippen MR) is 153 cm³/mol. The van der Waals surface area contributed by atoms with E-state index in [1.54, 1.807) is 6.20 Å². The zero-order valence-corrected chi connectivity index (χ0v) is 23.2. The van der Waals surface area contributed by atoms with Crippen LogP contribution in [0.1, 0.15) is 38.2 Å². The lowest BCUT2D eigenvalue weighted by atomic mass is 10.0. The highest BCUT2D eigenvalue weighted by Gasteiger charge is 2.32. The van der Waals surface area contributed by atoms with Crippen molar-refractivity contribution in [3.8, 4) is 0 Å². The fourth-order valence-corrected chi connectivity index (χ4v) is 4.15. The molecule has 5 atom stereocenters. The number of aliphatic carboxylic acids is 1. The normalized spacial score (nSPS) is 14.5. The van der Waals surface area contributed by atoms with E-state index in [2.05, 4.69) is 25.9 Å². The summed E-state index contributed by atoms with van der Waals surface area (Å²) >= 11 is 0. The third-order valence-electron chi connectivity index (χ3n) is 6.39. The van der Waals surface area contributed by atoms with Gasteiger partial charge in [-0.3, -0.25) is 24.2 Å². The first-order valence-electron chi connectivity index (χ1n) is 13.3. The van der Waals surface area contributed by atoms with Gasteiger partial charge in [0, 0.05) is 30.1 Å². The summed E-state index contributed by atoms with van der Waals surface area (Å²) in [5, 5.41) is 27.1. The predicted octanol–water partition coefficient (Wildman–Crippen LogP) is -2.72. The highest BCUT2D eigenvalue weighted by molar-refractivity contribution is 5.94. The number of fused-ring (bicyclic) bond motifs is 1. The van der Waals surface area contributed by atoms with Crippen molar-refractivity contribution < 1.29 is 34.2 Å². The minimum Gasteiger partial charge on any atom is -0.480 e. The van der Waals surface area contributed by atoms with Gasteiger partial charge < -0.3 is 54.1 Å². The Balaban J connectivity index is 2.18. The van der Waals surface area contributed by atoms with Crippen molar-refractivity contribution in [1.29, 1.82) is 0 Å². The molecule has 2 aromatic rings. The number of nitrogens with two attached hydrogens (primary N) is 4. The number of aromatic nitrogens is 1. The van der Waals surface area contributed by atoms with E-state index < -0.39 is 59.9 Å². The zero-order chi connectivity index (χ0) is 31.4. The molecule has 14 N–H and O–H groups in total. The summed E-state index contributed by atoms with van der Waals surface area (Å²) in [7, 11) is 0. The minimum absolute atomic E-state index is 0.0307. The van der Waals surface area contributed by atoms with Crippen molar-refractivity contribution in [2.24, 2.45) is 27.9 Å². The number of carbonyl (C=O) groups is 5. The lowest BCUT2D eigenvalue weighted by molar-refractivity contribution is -0.145. The van der Waals surface area contributed by atoms with Crippen LogP contribution in [0, 0.1) is 0 Å². The van der Waals surface area contributed by atoms with Gasteiger partial charge in [0.25, 0.3) is 0 Å². The third kappa shape index (κ3) is 10.4. The van der Waals surface area contributed by atoms with Crippen molar-refractivity contribution in [3.63, 3.8) is 0 Å². The summed E-state index contributed by atoms with van der Waals surface area (Å²) in [4.78, 5) is 69.1. The molecule has 42 heavy (non-hydrogen) atoms. The number of carbonyl (C=O) groups excluding carboxylic acids is 4. The number of aliphatic imine (C=N–C) groups is 1. The standard InChI is InChI=1S/C26H39N9O7/c1-13(36)21(25(41)42)35-24(40)18(7-4-10-31-26(29)30)34-23(39)19(8-9-20(28)37)33-22(38)16(27)11-14-12-32-17-6-3-2-5-15(14)17/h2-3,5-6,12-13,16,18-19,21,32,36H,4,7-11,27H2,1H3,(H2,28,37)(H,33,38)(H,34,39)(H,35,40)(H,41,42)(H4,29,30,31). The zero-order valence-electron chi connectivity index (χ0n) is 23.2. The van der Waals surface area contributed by atoms with Crippen LogP contribution in [-0.2, 0) is 30.4 Å². The van der Waals surface area contributed by atoms with E-state index in [9.17, 15) is 34.2 Å². The molecular formula is C26H39N9O7. The molecule has 1 aromatic carbocycles. The van der Waals surface area contributed by atoms with Crippen LogP contribution in [0.5, 0.6) is 0 Å². The number of aliphatic hydroxyl groups is 1. The van der Waals surface area contributed by atoms with E-state index in [4.69, 9.17) is 22.9 Å². The average Bonchev–Trinajstić information content (AvgIpc) is 3.32. The van der Waals surface area contributed by atoms with Gasteiger partial charge in [-0.1, -0.05) is 18.2 Å². The molecule has 0 saturated carbocycles. The summed E-state index contributed by atoms with van der Waals surface area (Å²) in [5.74, 6) is -4.82. The Bertz CT molecular complexity index is 1290. The number of aliphatic hydroxyl groups excluding tert-OH is 1. The van der Waals surface area contributed by atoms with Crippen LogP contribution in [0.15, 0.2) is 35.5 Å². The highest BCUT2D eigenvalue weighted by atomic mass is 16.4. The Morgan fingerprint density at radius 3 is 2.19 bits per heavy atom. The van der Waals surface area contributed by atoms with E-state index in [1.165, 1.54) is 6.92 Å². The van der Waals surface area contributed by atoms with Gasteiger partial charge in [0.1, 0.15) is 12.1 Å². The van der Waals surface area contributed by atoms with Crippen LogP contribution in [0.2, 0.25) is 0 Å². The third-order valence-corrected chi connectivity index (χ3v) is 6.39. The van der Waals surface area contributed by atoms with Gasteiger partial charge in [0.15, 0.2) is 12.0 Å². The molecule has 4 amide bonds. The first kappa shape index (κ1) is 33.5. The van der Waals surface area contributed by atoms with Gasteiger partial charge in [-0.2, -0.15) is 0 Å². The Kier molecular flexibility index (Phi) is 12.7. The maximum Gasteiger partial charge on any atom is 0.328 e. The summed E-state index contributed by atoms with van der Waals surface area (Å²) in [5.41, 5.74) is 23.7. The molecule has 0 aliphatic carbocycles. The maximum atomic E-state index is 13.3. The number of carboxylic acids is 1. The van der Waals surface area contributed by atoms with Gasteiger partial charge in [-0.15, -0.1) is 0 Å². The summed E-state index contributed by atoms with van der Waals surface area (Å²) < 4.78 is 0. The van der Waals surface area contributed by atoms with E-state index in [-0.39, 0.29) is 44.6 Å². The van der Waals surface area contributed by atoms with Crippen molar-refractivity contribution in [1.82, 2.24) is 20.9 Å². The average molecular weight is 590 g/mol. The largest absolute Gasteiger partial charge is 0.480 e. The fourth-order valence-electron chi connectivity index (χ4n) is 4.15. The van der Waals surface area contributed by atoms with Crippen molar-refractivity contribution in [2.75, 3.05) is 6.54 Å². The number of hydrogen-bond donors (Lipinski definition) is 10. The Hall–Kier alpha value is -4.70. The number of para-hydroxylation sites is 1. The van der Waals surface area contributed by atoms with Crippen molar-refractivity contribution in [2.45, 2.75) is 69.3 Å². The van der Waals surface area contributed by atoms with Gasteiger partial charge in [0.2, 0.25) is 23.6 Å². The molecule has 16 heteroatoms. The first-order chi connectivity index (χ1) is 19.8. The second-order valence-corrected chi connectivity index (χ2v) is 9.81. The molecule has 16 nitrogen and oxygen atoms in total. The van der Waals surface area contributed by atoms with E-state index in [0.717, 1.165) is 16.5 Å². The van der Waals surface area contributed by atoms with Crippen LogP contribution < -0.4 is 38.9 Å². The molecule has 2 rings (SSSR count). The number of primary amides is 1. The van der Waals surface area contributed by atoms with Gasteiger partial charge in [-0.25, -0.2) is 4.79 Å². The molecule has 0 aliphatic rings. The van der Waals surface area contributed by atoms with E-state index in [0.29, 0.717) is 0 Å². The molecule has 1 aromatic heterocycles. The number of amides is 4. The molecule has 0 spiro atoms. The lowest BCUT2D eigenvalue weighted by Crippen LogP contribution is -2.58. The lowest BCUT2D eigenvalue weighted by Gasteiger charge is -2.25. The number of nitrogens with one attached hydrogen (secondary N) is 4. The maximum absolute atomic E-state index is 13.3. The summed E-state index contributed by atoms with van der Waals surface area (Å²) in [6.07, 6.45) is 0.157. The second-order valence-electron chi connectivity index (χ2n) is 9.81. The Morgan fingerprint density at radius 1 is 0.952 bits per heavy atom. The van der Waals surface area contributed by atoms with Crippen LogP contribution >= 0.6 is 0 Å². The number of rotatable bonds is 17. The number of benzene rings is 1. The number of carboxylic acid groups (broad SMARTS) is 1. The SMILES string of the molecule is CC(O)C(NC(=O)C(CCCN=C(N)N)NC(=O)C(CCC(N)=O)NC(=O)C(N)Cc1c[nH]c2ccccc12)C(=O)O. The molecular weight excluding hydrogens is 550 g/mol. The summed E-state index contributed by atoms with van der Waals surface area (Å²) in [6, 6.07) is 2.13. The molecule has 1 heterocycles. The van der Waals surface area contributed by atoms with E-state index in [1.807, 2.05) is 24.3 Å². The van der Waals surface area contributed by atoms with Crippen LogP contribution in [0.3, 0.4) is 0 Å². The smallest absolute Gasteiger partial charge is 0.328 e. The first-order valence-corrected chi connectivity index (χ1v) is 13.3. The fraction of sp³-hybridized carbons (Fsp3) is 0.462. The van der Waals surface area contributed by atoms with Crippen molar-refractivity contribution >= 4 is 46.5 Å². The topological polar surface area (TPSA) is 294 Å². The number of aromatic amines is 1. The van der Waals surface area contributed by atoms with Gasteiger partial charge in [0.05, 0.1) is 12.1 Å². The molecule has 0 aliphatic heterocycles. The van der Waals surface area contributed by atoms with Crippen LogP contribution in [-0.4, -0.2) is 87.6 Å². The molecule has 5 unspecified atom stereocenters. The number of H-pyrrole nitrogens is 1. The summed E-state index contributed by atoms with van der Waals surface area (Å²) in [6.45, 7) is 1.28. The number of guanidine groups is 1. The monoisotopic (exact) mass is 589 g/mol. The van der Waals surface area contributed by atoms with E-state index >= 15 is 0 Å². The molecule has 0 fully saturated rings. The highest BCUT2D eigenvalue weighted by Crippen LogP contribution is 2.19.